The Morgan fingerprint density at radius 1 is 1.62 bits per heavy atom. The molecule has 7 heteroatoms. The number of pyridine rings is 1. The van der Waals surface area contributed by atoms with E-state index in [1.807, 2.05) is 0 Å². The van der Waals surface area contributed by atoms with Crippen molar-refractivity contribution in [1.82, 2.24) is 4.98 Å². The molecule has 1 aromatic heterocycles. The molecule has 88 valence electrons. The van der Waals surface area contributed by atoms with Crippen LogP contribution in [0, 0.1) is 17.0 Å². The molecule has 1 aromatic rings. The lowest BCUT2D eigenvalue weighted by atomic mass is 10.2. The summed E-state index contributed by atoms with van der Waals surface area (Å²) in [6.07, 6.45) is 3.05. The monoisotopic (exact) mass is 243 g/mol. The summed E-state index contributed by atoms with van der Waals surface area (Å²) in [4.78, 5) is 14.2. The van der Waals surface area contributed by atoms with Gasteiger partial charge in [-0.2, -0.15) is 0 Å². The van der Waals surface area contributed by atoms with Crippen molar-refractivity contribution in [3.05, 3.63) is 27.9 Å². The van der Waals surface area contributed by atoms with Crippen LogP contribution in [-0.2, 0) is 10.8 Å². The highest BCUT2D eigenvalue weighted by Crippen LogP contribution is 2.19. The first-order valence-electron chi connectivity index (χ1n) is 4.65. The lowest BCUT2D eigenvalue weighted by molar-refractivity contribution is -0.385. The summed E-state index contributed by atoms with van der Waals surface area (Å²) >= 11 is 0. The first-order chi connectivity index (χ1) is 7.50. The lowest BCUT2D eigenvalue weighted by Gasteiger charge is -2.04. The van der Waals surface area contributed by atoms with E-state index in [9.17, 15) is 14.3 Å². The van der Waals surface area contributed by atoms with E-state index >= 15 is 0 Å². The minimum Gasteiger partial charge on any atom is -0.369 e. The predicted octanol–water partition coefficient (Wildman–Crippen LogP) is 1.09. The highest BCUT2D eigenvalue weighted by Gasteiger charge is 2.11. The lowest BCUT2D eigenvalue weighted by Crippen LogP contribution is -2.11. The molecular formula is C9H13N3O3S. The predicted molar refractivity (Wildman–Crippen MR) is 63.1 cm³/mol. The first-order valence-corrected chi connectivity index (χ1v) is 6.38. The highest BCUT2D eigenvalue weighted by atomic mass is 32.2. The molecule has 0 spiro atoms. The third-order valence-corrected chi connectivity index (χ3v) is 2.75. The van der Waals surface area contributed by atoms with Crippen molar-refractivity contribution in [1.29, 1.82) is 0 Å². The van der Waals surface area contributed by atoms with Crippen molar-refractivity contribution in [2.75, 3.05) is 23.9 Å². The van der Waals surface area contributed by atoms with Crippen LogP contribution < -0.4 is 5.32 Å². The van der Waals surface area contributed by atoms with Crippen molar-refractivity contribution >= 4 is 22.3 Å². The van der Waals surface area contributed by atoms with Gasteiger partial charge < -0.3 is 5.32 Å². The maximum absolute atomic E-state index is 10.8. The number of nitrogens with zero attached hydrogens (tertiary/aromatic N) is 2. The van der Waals surface area contributed by atoms with E-state index < -0.39 is 15.7 Å². The largest absolute Gasteiger partial charge is 0.369 e. The average molecular weight is 243 g/mol. The molecule has 0 aliphatic heterocycles. The van der Waals surface area contributed by atoms with E-state index in [0.29, 0.717) is 23.7 Å². The SMILES string of the molecule is Cc1cnc(NCCS(C)=O)cc1[N+](=O)[O-]. The van der Waals surface area contributed by atoms with Crippen LogP contribution in [0.1, 0.15) is 5.56 Å². The van der Waals surface area contributed by atoms with Gasteiger partial charge in [-0.15, -0.1) is 0 Å². The summed E-state index contributed by atoms with van der Waals surface area (Å²) in [5.41, 5.74) is 0.560. The van der Waals surface area contributed by atoms with Crippen LogP contribution in [0.25, 0.3) is 0 Å². The first kappa shape index (κ1) is 12.6. The number of nitrogens with one attached hydrogen (secondary N) is 1. The molecule has 1 atom stereocenters. The average Bonchev–Trinajstić information content (AvgIpc) is 2.19. The molecule has 0 saturated carbocycles. The number of rotatable bonds is 5. The Morgan fingerprint density at radius 3 is 2.88 bits per heavy atom. The topological polar surface area (TPSA) is 85.1 Å². The third kappa shape index (κ3) is 3.58. The van der Waals surface area contributed by atoms with Gasteiger partial charge in [0.05, 0.1) is 11.0 Å². The molecule has 0 radical (unpaired) electrons. The Kier molecular flexibility index (Phi) is 4.36. The van der Waals surface area contributed by atoms with Crippen LogP contribution in [0.15, 0.2) is 12.3 Å². The summed E-state index contributed by atoms with van der Waals surface area (Å²) in [5.74, 6) is 0.923. The van der Waals surface area contributed by atoms with E-state index in [1.54, 1.807) is 13.2 Å². The number of aryl methyl sites for hydroxylation is 1. The van der Waals surface area contributed by atoms with E-state index in [1.165, 1.54) is 12.3 Å². The summed E-state index contributed by atoms with van der Waals surface area (Å²) in [7, 11) is -0.882. The van der Waals surface area contributed by atoms with Gasteiger partial charge in [0.1, 0.15) is 5.82 Å². The van der Waals surface area contributed by atoms with Crippen LogP contribution in [0.4, 0.5) is 11.5 Å². The Labute approximate surface area is 95.7 Å². The van der Waals surface area contributed by atoms with Gasteiger partial charge in [-0.3, -0.25) is 14.3 Å². The fraction of sp³-hybridized carbons (Fsp3) is 0.444. The Hall–Kier alpha value is -1.50. The van der Waals surface area contributed by atoms with E-state index in [2.05, 4.69) is 10.3 Å². The van der Waals surface area contributed by atoms with Crippen LogP contribution in [-0.4, -0.2) is 32.7 Å². The van der Waals surface area contributed by atoms with Crippen LogP contribution in [0.5, 0.6) is 0 Å². The second kappa shape index (κ2) is 5.55. The van der Waals surface area contributed by atoms with Crippen molar-refractivity contribution in [3.8, 4) is 0 Å². The van der Waals surface area contributed by atoms with Gasteiger partial charge in [0.15, 0.2) is 0 Å². The summed E-state index contributed by atoms with van der Waals surface area (Å²) in [5, 5.41) is 13.5. The maximum atomic E-state index is 10.8. The summed E-state index contributed by atoms with van der Waals surface area (Å²) < 4.78 is 10.8. The van der Waals surface area contributed by atoms with Crippen LogP contribution in [0.2, 0.25) is 0 Å². The van der Waals surface area contributed by atoms with E-state index in [4.69, 9.17) is 0 Å². The molecule has 1 heterocycles. The molecule has 6 nitrogen and oxygen atoms in total. The van der Waals surface area contributed by atoms with Gasteiger partial charge in [-0.1, -0.05) is 0 Å². The normalized spacial score (nSPS) is 12.1. The zero-order chi connectivity index (χ0) is 12.1. The number of aromatic nitrogens is 1. The third-order valence-electron chi connectivity index (χ3n) is 1.97. The van der Waals surface area contributed by atoms with Crippen LogP contribution in [0.3, 0.4) is 0 Å². The Bertz CT molecular complexity index is 422. The molecule has 0 fully saturated rings. The number of nitro groups is 1. The number of hydrogen-bond acceptors (Lipinski definition) is 5. The minimum atomic E-state index is -0.882. The second-order valence-corrected chi connectivity index (χ2v) is 4.87. The molecule has 0 bridgehead atoms. The minimum absolute atomic E-state index is 0.0371. The van der Waals surface area contributed by atoms with Gasteiger partial charge in [-0.25, -0.2) is 4.98 Å². The quantitative estimate of drug-likeness (QED) is 0.618. The smallest absolute Gasteiger partial charge is 0.277 e. The molecular weight excluding hydrogens is 230 g/mol. The highest BCUT2D eigenvalue weighted by molar-refractivity contribution is 7.84. The number of anilines is 1. The zero-order valence-corrected chi connectivity index (χ0v) is 9.91. The molecule has 16 heavy (non-hydrogen) atoms. The molecule has 0 aliphatic carbocycles. The van der Waals surface area contributed by atoms with E-state index in [-0.39, 0.29) is 5.69 Å². The van der Waals surface area contributed by atoms with Crippen molar-refractivity contribution in [2.24, 2.45) is 0 Å². The van der Waals surface area contributed by atoms with Crippen LogP contribution >= 0.6 is 0 Å². The van der Waals surface area contributed by atoms with Gasteiger partial charge >= 0.3 is 0 Å². The number of hydrogen-bond donors (Lipinski definition) is 1. The van der Waals surface area contributed by atoms with Crippen molar-refractivity contribution < 1.29 is 9.13 Å². The Morgan fingerprint density at radius 2 is 2.31 bits per heavy atom. The zero-order valence-electron chi connectivity index (χ0n) is 9.10. The van der Waals surface area contributed by atoms with Gasteiger partial charge in [-0.05, 0) is 6.92 Å². The summed E-state index contributed by atoms with van der Waals surface area (Å²) in [6, 6.07) is 1.38. The molecule has 0 aliphatic rings. The Balaban J connectivity index is 2.71. The fourth-order valence-electron chi connectivity index (χ4n) is 1.13. The standard InChI is InChI=1S/C9H13N3O3S/c1-7-6-11-9(5-8(7)12(13)14)10-3-4-16(2)15/h5-6H,3-4H2,1-2H3,(H,10,11). The molecule has 0 aromatic carbocycles. The molecule has 1 rings (SSSR count). The van der Waals surface area contributed by atoms with Crippen molar-refractivity contribution in [2.45, 2.75) is 6.92 Å². The van der Waals surface area contributed by atoms with Crippen molar-refractivity contribution in [3.63, 3.8) is 0 Å². The molecule has 0 amide bonds. The fourth-order valence-corrected chi connectivity index (χ4v) is 1.52. The van der Waals surface area contributed by atoms with E-state index in [0.717, 1.165) is 0 Å². The molecule has 1 N–H and O–H groups in total. The maximum Gasteiger partial charge on any atom is 0.277 e. The second-order valence-electron chi connectivity index (χ2n) is 3.32. The van der Waals surface area contributed by atoms with Gasteiger partial charge in [0.2, 0.25) is 0 Å². The van der Waals surface area contributed by atoms with Gasteiger partial charge in [0.25, 0.3) is 5.69 Å². The molecule has 1 unspecified atom stereocenters. The summed E-state index contributed by atoms with van der Waals surface area (Å²) in [6.45, 7) is 2.12. The molecule has 0 saturated heterocycles. The van der Waals surface area contributed by atoms with Gasteiger partial charge in [0, 0.05) is 41.1 Å².